The number of rotatable bonds is 31. The van der Waals surface area contributed by atoms with Gasteiger partial charge in [-0.2, -0.15) is 0 Å². The molecule has 0 aromatic rings. The zero-order chi connectivity index (χ0) is 57.0. The van der Waals surface area contributed by atoms with Gasteiger partial charge in [-0.3, -0.25) is 43.2 Å². The molecule has 3 aliphatic rings. The normalized spacial score (nSPS) is 20.8. The summed E-state index contributed by atoms with van der Waals surface area (Å²) in [4.78, 5) is 141. The zero-order valence-corrected chi connectivity index (χ0v) is 45.7. The van der Waals surface area contributed by atoms with Gasteiger partial charge in [-0.05, 0) is 121 Å². The van der Waals surface area contributed by atoms with E-state index < -0.39 is 126 Å². The van der Waals surface area contributed by atoms with Crippen LogP contribution < -0.4 is 49.1 Å². The summed E-state index contributed by atoms with van der Waals surface area (Å²) in [6, 6.07) is -11.8. The highest BCUT2D eigenvalue weighted by Crippen LogP contribution is 2.27. The third kappa shape index (κ3) is 18.9. The number of hydrogen-bond acceptors (Lipinski definition) is 15. The number of carboxylic acids is 1. The third-order valence-corrected chi connectivity index (χ3v) is 14.1. The molecule has 432 valence electrons. The summed E-state index contributed by atoms with van der Waals surface area (Å²) in [6.45, 7) is 12.3. The molecule has 11 atom stereocenters. The maximum Gasteiger partial charge on any atom is 0.326 e. The molecule has 3 saturated heterocycles. The molecule has 15 N–H and O–H groups in total. The van der Waals surface area contributed by atoms with Crippen LogP contribution in [0.1, 0.15) is 138 Å². The Labute approximate surface area is 447 Å². The molecular formula is C51H90N12O13. The number of nitrogens with two attached hydrogens (primary N) is 3. The number of aliphatic carboxylic acids is 1. The first-order valence-corrected chi connectivity index (χ1v) is 27.3. The maximum absolute atomic E-state index is 14.4. The lowest BCUT2D eigenvalue weighted by molar-refractivity contribution is -0.148. The summed E-state index contributed by atoms with van der Waals surface area (Å²) in [5, 5.41) is 46.1. The van der Waals surface area contributed by atoms with E-state index in [1.165, 1.54) is 21.6 Å². The fourth-order valence-electron chi connectivity index (χ4n) is 9.98. The van der Waals surface area contributed by atoms with Crippen LogP contribution in [0.2, 0.25) is 0 Å². The number of aliphatic hydroxyl groups excluding tert-OH is 2. The van der Waals surface area contributed by atoms with Gasteiger partial charge in [0, 0.05) is 19.6 Å². The second kappa shape index (κ2) is 31.7. The second-order valence-corrected chi connectivity index (χ2v) is 21.7. The molecular weight excluding hydrogens is 989 g/mol. The number of carboxylic acid groups (broad SMARTS) is 1. The average Bonchev–Trinajstić information content (AvgIpc) is 4.17. The van der Waals surface area contributed by atoms with Crippen LogP contribution in [0.3, 0.4) is 0 Å². The van der Waals surface area contributed by atoms with Crippen molar-refractivity contribution in [1.29, 1.82) is 0 Å². The van der Waals surface area contributed by atoms with E-state index in [1.54, 1.807) is 27.7 Å². The smallest absolute Gasteiger partial charge is 0.326 e. The molecule has 25 heteroatoms. The van der Waals surface area contributed by atoms with E-state index in [4.69, 9.17) is 17.2 Å². The fourth-order valence-corrected chi connectivity index (χ4v) is 9.98. The Kier molecular flexibility index (Phi) is 27.0. The SMILES string of the molecule is CC(C)C[C@H](NC(=O)[C@H](CCCCN)NC(=O)[C@@H](NC(=O)[C@@H](NC(=O)[C@H](CO)NC(=O)[C@@H]1CCCN1C(=O)[C@H](CC(C)C)NC(=O)[C@@H]1CCCN1C(=O)[C@@H]1CCCN1C(=O)[C@@H](N)CCCCN)C(C)C)[C@@H](C)O)C(=O)O. The fraction of sp³-hybridized carbons (Fsp3) is 0.804. The number of likely N-dealkylation sites (tertiary alicyclic amines) is 3. The van der Waals surface area contributed by atoms with E-state index in [9.17, 15) is 63.3 Å². The van der Waals surface area contributed by atoms with Gasteiger partial charge in [-0.25, -0.2) is 4.79 Å². The molecule has 0 aromatic heterocycles. The number of hydrogen-bond donors (Lipinski definition) is 12. The van der Waals surface area contributed by atoms with Crippen LogP contribution in [-0.2, 0) is 47.9 Å². The van der Waals surface area contributed by atoms with Crippen LogP contribution in [0.4, 0.5) is 0 Å². The molecule has 0 bridgehead atoms. The van der Waals surface area contributed by atoms with Crippen molar-refractivity contribution >= 4 is 59.1 Å². The number of nitrogens with zero attached hydrogens (tertiary/aromatic N) is 3. The number of nitrogens with one attached hydrogen (secondary N) is 6. The van der Waals surface area contributed by atoms with E-state index >= 15 is 0 Å². The minimum Gasteiger partial charge on any atom is -0.480 e. The Bertz CT molecular complexity index is 1990. The molecule has 0 spiro atoms. The largest absolute Gasteiger partial charge is 0.480 e. The summed E-state index contributed by atoms with van der Waals surface area (Å²) in [7, 11) is 0. The Morgan fingerprint density at radius 3 is 1.49 bits per heavy atom. The lowest BCUT2D eigenvalue weighted by Crippen LogP contribution is -2.62. The number of carbonyl (C=O) groups excluding carboxylic acids is 9. The number of aliphatic hydroxyl groups is 2. The molecule has 3 heterocycles. The average molecular weight is 1080 g/mol. The van der Waals surface area contributed by atoms with E-state index in [1.807, 2.05) is 13.8 Å². The molecule has 0 saturated carbocycles. The zero-order valence-electron chi connectivity index (χ0n) is 45.7. The summed E-state index contributed by atoms with van der Waals surface area (Å²) >= 11 is 0. The van der Waals surface area contributed by atoms with Crippen molar-refractivity contribution in [1.82, 2.24) is 46.6 Å². The van der Waals surface area contributed by atoms with E-state index in [2.05, 4.69) is 31.9 Å². The van der Waals surface area contributed by atoms with E-state index in [-0.39, 0.29) is 69.0 Å². The van der Waals surface area contributed by atoms with Gasteiger partial charge in [-0.1, -0.05) is 48.0 Å². The van der Waals surface area contributed by atoms with Gasteiger partial charge in [0.05, 0.1) is 18.8 Å². The van der Waals surface area contributed by atoms with Crippen molar-refractivity contribution in [2.75, 3.05) is 39.3 Å². The van der Waals surface area contributed by atoms with Crippen molar-refractivity contribution in [3.8, 4) is 0 Å². The van der Waals surface area contributed by atoms with Crippen molar-refractivity contribution in [2.45, 2.75) is 205 Å². The summed E-state index contributed by atoms with van der Waals surface area (Å²) in [5.74, 6) is -8.33. The van der Waals surface area contributed by atoms with E-state index in [0.717, 1.165) is 6.42 Å². The molecule has 0 radical (unpaired) electrons. The highest BCUT2D eigenvalue weighted by atomic mass is 16.4. The molecule has 0 aromatic carbocycles. The van der Waals surface area contributed by atoms with Crippen LogP contribution in [0, 0.1) is 17.8 Å². The first-order valence-electron chi connectivity index (χ1n) is 27.3. The lowest BCUT2D eigenvalue weighted by atomic mass is 10.0. The van der Waals surface area contributed by atoms with Gasteiger partial charge in [0.1, 0.15) is 54.4 Å². The molecule has 76 heavy (non-hydrogen) atoms. The minimum atomic E-state index is -1.66. The minimum absolute atomic E-state index is 0.0612. The first-order chi connectivity index (χ1) is 35.9. The van der Waals surface area contributed by atoms with Crippen molar-refractivity contribution in [2.24, 2.45) is 35.0 Å². The summed E-state index contributed by atoms with van der Waals surface area (Å²) in [6.07, 6.45) is 4.00. The quantitative estimate of drug-likeness (QED) is 0.0324. The predicted molar refractivity (Wildman–Crippen MR) is 280 cm³/mol. The Balaban J connectivity index is 1.71. The monoisotopic (exact) mass is 1080 g/mol. The second-order valence-electron chi connectivity index (χ2n) is 21.7. The lowest BCUT2D eigenvalue weighted by Gasteiger charge is -2.34. The Hall–Kier alpha value is -5.50. The first kappa shape index (κ1) is 64.8. The van der Waals surface area contributed by atoms with E-state index in [0.29, 0.717) is 70.9 Å². The summed E-state index contributed by atoms with van der Waals surface area (Å²) in [5.41, 5.74) is 17.5. The molecule has 9 amide bonds. The predicted octanol–water partition coefficient (Wildman–Crippen LogP) is -2.34. The Morgan fingerprint density at radius 2 is 0.974 bits per heavy atom. The van der Waals surface area contributed by atoms with Crippen LogP contribution in [0.15, 0.2) is 0 Å². The van der Waals surface area contributed by atoms with Crippen LogP contribution in [0.5, 0.6) is 0 Å². The van der Waals surface area contributed by atoms with Crippen molar-refractivity contribution < 1.29 is 63.3 Å². The maximum atomic E-state index is 14.4. The topological polar surface area (TPSA) is 391 Å². The standard InChI is InChI=1S/C51H90N12O13/c1-28(2)25-34(56-44(68)38-18-13-23-62(38)50(74)39-19-14-24-63(39)48(72)32(54)15-8-10-20-52)49(73)61-22-12-17-37(61)45(69)58-36(27-64)43(67)59-40(30(5)6)46(70)60-41(31(7)65)47(71)55-33(16-9-11-21-53)42(66)57-35(51(75)76)26-29(3)4/h28-41,64-65H,8-27,52-54H2,1-7H3,(H,55,71)(H,56,68)(H,57,66)(H,58,69)(H,59,67)(H,60,70)(H,75,76)/t31-,32+,33+,34+,35+,36+,37+,38+,39+,40+,41+/m1/s1. The van der Waals surface area contributed by atoms with Gasteiger partial charge >= 0.3 is 5.97 Å². The molecule has 0 aliphatic carbocycles. The number of unbranched alkanes of at least 4 members (excludes halogenated alkanes) is 2. The molecule has 3 fully saturated rings. The molecule has 3 aliphatic heterocycles. The van der Waals surface area contributed by atoms with Crippen molar-refractivity contribution in [3.05, 3.63) is 0 Å². The van der Waals surface area contributed by atoms with Crippen LogP contribution >= 0.6 is 0 Å². The Morgan fingerprint density at radius 1 is 0.526 bits per heavy atom. The summed E-state index contributed by atoms with van der Waals surface area (Å²) < 4.78 is 0. The van der Waals surface area contributed by atoms with Crippen LogP contribution in [0.25, 0.3) is 0 Å². The number of carbonyl (C=O) groups is 10. The van der Waals surface area contributed by atoms with Gasteiger partial charge < -0.3 is 79.1 Å². The molecule has 3 rings (SSSR count). The number of amides is 9. The molecule has 25 nitrogen and oxygen atoms in total. The van der Waals surface area contributed by atoms with Gasteiger partial charge in [0.15, 0.2) is 0 Å². The van der Waals surface area contributed by atoms with Gasteiger partial charge in [0.25, 0.3) is 0 Å². The highest BCUT2D eigenvalue weighted by molar-refractivity contribution is 5.99. The third-order valence-electron chi connectivity index (χ3n) is 14.1. The van der Waals surface area contributed by atoms with Crippen LogP contribution in [-0.4, -0.2) is 195 Å². The van der Waals surface area contributed by atoms with Crippen molar-refractivity contribution in [3.63, 3.8) is 0 Å². The molecule has 0 unspecified atom stereocenters. The highest BCUT2D eigenvalue weighted by Gasteiger charge is 2.45. The van der Waals surface area contributed by atoms with Gasteiger partial charge in [0.2, 0.25) is 53.2 Å². The van der Waals surface area contributed by atoms with Gasteiger partial charge in [-0.15, -0.1) is 0 Å².